The van der Waals surface area contributed by atoms with Crippen molar-refractivity contribution in [2.24, 2.45) is 5.92 Å². The van der Waals surface area contributed by atoms with Gasteiger partial charge in [0.25, 0.3) is 0 Å². The Hall–Kier alpha value is -0.0200. The van der Waals surface area contributed by atoms with E-state index < -0.39 is 0 Å². The highest BCUT2D eigenvalue weighted by Gasteiger charge is 2.27. The van der Waals surface area contributed by atoms with Gasteiger partial charge in [-0.2, -0.15) is 11.8 Å². The number of hydrogen-bond donors (Lipinski definition) is 0. The van der Waals surface area contributed by atoms with Gasteiger partial charge in [0.05, 0.1) is 6.54 Å². The largest absolute Gasteiger partial charge is 0.298 e. The first kappa shape index (κ1) is 12.4. The van der Waals surface area contributed by atoms with Crippen molar-refractivity contribution in [1.29, 1.82) is 0 Å². The molecular formula is C13H23NOS. The summed E-state index contributed by atoms with van der Waals surface area (Å²) >= 11 is 2.05. The summed E-state index contributed by atoms with van der Waals surface area (Å²) in [7, 11) is 0. The molecule has 2 aliphatic rings. The topological polar surface area (TPSA) is 20.3 Å². The molecule has 2 fully saturated rings. The summed E-state index contributed by atoms with van der Waals surface area (Å²) in [5, 5.41) is 1.36. The number of hydrogen-bond acceptors (Lipinski definition) is 3. The van der Waals surface area contributed by atoms with Crippen LogP contribution in [-0.2, 0) is 4.79 Å². The maximum Gasteiger partial charge on any atom is 0.149 e. The summed E-state index contributed by atoms with van der Waals surface area (Å²) in [4.78, 5) is 14.4. The first-order valence-electron chi connectivity index (χ1n) is 6.55. The molecule has 1 aliphatic carbocycles. The van der Waals surface area contributed by atoms with Gasteiger partial charge in [-0.3, -0.25) is 9.69 Å². The minimum absolute atomic E-state index is 0.389. The van der Waals surface area contributed by atoms with Crippen LogP contribution in [0.15, 0.2) is 0 Å². The Kier molecular flexibility index (Phi) is 4.31. The standard InChI is InChI=1S/C13H23NOS/c1-10-7-14(8-11(2)16-10)9-13(15)12-5-3-4-6-12/h10-12H,3-9H2,1-2H3. The van der Waals surface area contributed by atoms with Gasteiger partial charge in [-0.05, 0) is 12.8 Å². The molecule has 0 N–H and O–H groups in total. The zero-order chi connectivity index (χ0) is 11.5. The lowest BCUT2D eigenvalue weighted by Crippen LogP contribution is -2.43. The number of carbonyl (C=O) groups is 1. The lowest BCUT2D eigenvalue weighted by atomic mass is 10.0. The Balaban J connectivity index is 1.81. The fraction of sp³-hybridized carbons (Fsp3) is 0.923. The molecule has 1 heterocycles. The van der Waals surface area contributed by atoms with Gasteiger partial charge in [0.1, 0.15) is 5.78 Å². The molecule has 2 nitrogen and oxygen atoms in total. The van der Waals surface area contributed by atoms with Crippen LogP contribution in [0.5, 0.6) is 0 Å². The second kappa shape index (κ2) is 5.54. The molecule has 1 saturated heterocycles. The van der Waals surface area contributed by atoms with E-state index in [4.69, 9.17) is 0 Å². The van der Waals surface area contributed by atoms with Gasteiger partial charge in [-0.25, -0.2) is 0 Å². The van der Waals surface area contributed by atoms with Crippen LogP contribution in [0.3, 0.4) is 0 Å². The fourth-order valence-corrected chi connectivity index (χ4v) is 4.40. The van der Waals surface area contributed by atoms with Gasteiger partial charge in [-0.1, -0.05) is 26.7 Å². The van der Waals surface area contributed by atoms with E-state index in [0.29, 0.717) is 28.7 Å². The Bertz CT molecular complexity index is 240. The Labute approximate surface area is 103 Å². The SMILES string of the molecule is CC1CN(CC(=O)C2CCCC2)CC(C)S1. The second-order valence-corrected chi connectivity index (χ2v) is 7.28. The highest BCUT2D eigenvalue weighted by Crippen LogP contribution is 2.28. The van der Waals surface area contributed by atoms with Crippen LogP contribution in [0.4, 0.5) is 0 Å². The predicted octanol–water partition coefficient (Wildman–Crippen LogP) is 2.57. The van der Waals surface area contributed by atoms with Crippen molar-refractivity contribution in [3.05, 3.63) is 0 Å². The minimum atomic E-state index is 0.389. The highest BCUT2D eigenvalue weighted by atomic mass is 32.2. The van der Waals surface area contributed by atoms with Crippen molar-refractivity contribution in [1.82, 2.24) is 4.90 Å². The molecule has 2 unspecified atom stereocenters. The summed E-state index contributed by atoms with van der Waals surface area (Å²) in [6.07, 6.45) is 4.82. The van der Waals surface area contributed by atoms with E-state index in [1.807, 2.05) is 0 Å². The van der Waals surface area contributed by atoms with Crippen LogP contribution >= 0.6 is 11.8 Å². The van der Waals surface area contributed by atoms with Gasteiger partial charge in [0, 0.05) is 29.5 Å². The fourth-order valence-electron chi connectivity index (χ4n) is 3.01. The quantitative estimate of drug-likeness (QED) is 0.757. The summed E-state index contributed by atoms with van der Waals surface area (Å²) in [5.41, 5.74) is 0. The molecule has 2 rings (SSSR count). The number of ketones is 1. The summed E-state index contributed by atoms with van der Waals surface area (Å²) in [6.45, 7) is 7.43. The Morgan fingerprint density at radius 3 is 2.31 bits per heavy atom. The maximum atomic E-state index is 12.1. The van der Waals surface area contributed by atoms with Crippen molar-refractivity contribution in [3.8, 4) is 0 Å². The molecule has 0 amide bonds. The highest BCUT2D eigenvalue weighted by molar-refractivity contribution is 8.00. The minimum Gasteiger partial charge on any atom is -0.298 e. The average molecular weight is 241 g/mol. The van der Waals surface area contributed by atoms with E-state index in [0.717, 1.165) is 25.9 Å². The van der Waals surface area contributed by atoms with E-state index in [9.17, 15) is 4.79 Å². The van der Waals surface area contributed by atoms with E-state index in [-0.39, 0.29) is 0 Å². The third-order valence-corrected chi connectivity index (χ3v) is 4.91. The first-order chi connectivity index (χ1) is 7.65. The lowest BCUT2D eigenvalue weighted by molar-refractivity contribution is -0.123. The van der Waals surface area contributed by atoms with Gasteiger partial charge in [0.15, 0.2) is 0 Å². The third kappa shape index (κ3) is 3.24. The monoisotopic (exact) mass is 241 g/mol. The van der Waals surface area contributed by atoms with Crippen molar-refractivity contribution in [2.75, 3.05) is 19.6 Å². The number of Topliss-reactive ketones (excluding diaryl/α,β-unsaturated/α-hetero) is 1. The molecule has 16 heavy (non-hydrogen) atoms. The molecule has 0 aromatic rings. The van der Waals surface area contributed by atoms with Crippen LogP contribution < -0.4 is 0 Å². The lowest BCUT2D eigenvalue weighted by Gasteiger charge is -2.34. The van der Waals surface area contributed by atoms with E-state index in [2.05, 4.69) is 30.5 Å². The first-order valence-corrected chi connectivity index (χ1v) is 7.50. The van der Waals surface area contributed by atoms with Gasteiger partial charge < -0.3 is 0 Å². The van der Waals surface area contributed by atoms with Crippen LogP contribution in [0, 0.1) is 5.92 Å². The second-order valence-electron chi connectivity index (χ2n) is 5.40. The van der Waals surface area contributed by atoms with Crippen LogP contribution in [0.2, 0.25) is 0 Å². The number of carbonyl (C=O) groups excluding carboxylic acids is 1. The summed E-state index contributed by atoms with van der Waals surface area (Å²) in [6, 6.07) is 0. The molecule has 1 saturated carbocycles. The molecule has 0 bridgehead atoms. The molecule has 2 atom stereocenters. The van der Waals surface area contributed by atoms with E-state index in [1.165, 1.54) is 12.8 Å². The van der Waals surface area contributed by atoms with Crippen molar-refractivity contribution in [3.63, 3.8) is 0 Å². The Morgan fingerprint density at radius 2 is 1.75 bits per heavy atom. The maximum absolute atomic E-state index is 12.1. The van der Waals surface area contributed by atoms with E-state index >= 15 is 0 Å². The smallest absolute Gasteiger partial charge is 0.149 e. The normalized spacial score (nSPS) is 33.1. The molecule has 0 spiro atoms. The predicted molar refractivity (Wildman–Crippen MR) is 69.9 cm³/mol. The third-order valence-electron chi connectivity index (χ3n) is 3.69. The molecule has 0 aromatic heterocycles. The summed E-state index contributed by atoms with van der Waals surface area (Å²) in [5.74, 6) is 0.893. The number of rotatable bonds is 3. The van der Waals surface area contributed by atoms with Gasteiger partial charge >= 0.3 is 0 Å². The van der Waals surface area contributed by atoms with E-state index in [1.54, 1.807) is 0 Å². The molecule has 3 heteroatoms. The molecule has 0 aromatic carbocycles. The molecule has 92 valence electrons. The zero-order valence-corrected chi connectivity index (χ0v) is 11.3. The number of nitrogens with zero attached hydrogens (tertiary/aromatic N) is 1. The van der Waals surface area contributed by atoms with Crippen LogP contribution in [0.25, 0.3) is 0 Å². The van der Waals surface area contributed by atoms with Crippen LogP contribution in [-0.4, -0.2) is 40.8 Å². The summed E-state index contributed by atoms with van der Waals surface area (Å²) < 4.78 is 0. The van der Waals surface area contributed by atoms with Crippen molar-refractivity contribution >= 4 is 17.5 Å². The molecule has 1 aliphatic heterocycles. The Morgan fingerprint density at radius 1 is 1.19 bits per heavy atom. The number of thioether (sulfide) groups is 1. The molecular weight excluding hydrogens is 218 g/mol. The van der Waals surface area contributed by atoms with Gasteiger partial charge in [0.2, 0.25) is 0 Å². The van der Waals surface area contributed by atoms with Crippen LogP contribution in [0.1, 0.15) is 39.5 Å². The molecule has 0 radical (unpaired) electrons. The van der Waals surface area contributed by atoms with Gasteiger partial charge in [-0.15, -0.1) is 0 Å². The average Bonchev–Trinajstić information content (AvgIpc) is 2.68. The van der Waals surface area contributed by atoms with Crippen molar-refractivity contribution in [2.45, 2.75) is 50.0 Å². The zero-order valence-electron chi connectivity index (χ0n) is 10.4. The van der Waals surface area contributed by atoms with Crippen molar-refractivity contribution < 1.29 is 4.79 Å².